The molecule has 1 atom stereocenters. The monoisotopic (exact) mass is 219 g/mol. The van der Waals surface area contributed by atoms with Gasteiger partial charge in [-0.1, -0.05) is 6.92 Å². The van der Waals surface area contributed by atoms with E-state index >= 15 is 0 Å². The van der Waals surface area contributed by atoms with Crippen molar-refractivity contribution >= 4 is 0 Å². The highest BCUT2D eigenvalue weighted by molar-refractivity contribution is 4.55. The number of nitrogens with one attached hydrogen (secondary N) is 1. The third-order valence-corrected chi connectivity index (χ3v) is 2.00. The summed E-state index contributed by atoms with van der Waals surface area (Å²) in [6, 6.07) is 0. The summed E-state index contributed by atoms with van der Waals surface area (Å²) in [5.41, 5.74) is 0. The van der Waals surface area contributed by atoms with Crippen LogP contribution >= 0.6 is 0 Å². The number of methoxy groups -OCH3 is 2. The Bertz CT molecular complexity index is 122. The average molecular weight is 219 g/mol. The third-order valence-electron chi connectivity index (χ3n) is 2.00. The van der Waals surface area contributed by atoms with Gasteiger partial charge in [0.05, 0.1) is 6.61 Å². The molecule has 4 nitrogen and oxygen atoms in total. The molecule has 0 aliphatic heterocycles. The summed E-state index contributed by atoms with van der Waals surface area (Å²) in [5.74, 6) is 0.559. The van der Waals surface area contributed by atoms with Crippen LogP contribution in [-0.2, 0) is 14.2 Å². The van der Waals surface area contributed by atoms with Crippen LogP contribution in [0.5, 0.6) is 0 Å². The SMILES string of the molecule is COCCCOCCNCC(C)COC. The Kier molecular flexibility index (Phi) is 11.8. The van der Waals surface area contributed by atoms with Crippen LogP contribution in [0.15, 0.2) is 0 Å². The van der Waals surface area contributed by atoms with E-state index in [1.54, 1.807) is 14.2 Å². The van der Waals surface area contributed by atoms with Crippen LogP contribution in [0.2, 0.25) is 0 Å². The lowest BCUT2D eigenvalue weighted by Gasteiger charge is -2.11. The molecule has 4 heteroatoms. The van der Waals surface area contributed by atoms with Gasteiger partial charge < -0.3 is 19.5 Å². The average Bonchev–Trinajstić information content (AvgIpc) is 2.22. The highest BCUT2D eigenvalue weighted by Crippen LogP contribution is 1.91. The van der Waals surface area contributed by atoms with Crippen LogP contribution in [0.4, 0.5) is 0 Å². The summed E-state index contributed by atoms with van der Waals surface area (Å²) in [6.07, 6.45) is 0.969. The van der Waals surface area contributed by atoms with Gasteiger partial charge in [0.25, 0.3) is 0 Å². The largest absolute Gasteiger partial charge is 0.385 e. The smallest absolute Gasteiger partial charge is 0.0590 e. The van der Waals surface area contributed by atoms with Gasteiger partial charge in [-0.25, -0.2) is 0 Å². The van der Waals surface area contributed by atoms with E-state index in [1.165, 1.54) is 0 Å². The predicted octanol–water partition coefficient (Wildman–Crippen LogP) is 0.912. The zero-order valence-corrected chi connectivity index (χ0v) is 10.3. The van der Waals surface area contributed by atoms with Gasteiger partial charge in [-0.05, 0) is 18.9 Å². The molecular formula is C11H25NO3. The van der Waals surface area contributed by atoms with Gasteiger partial charge in [0.1, 0.15) is 0 Å². The highest BCUT2D eigenvalue weighted by Gasteiger charge is 1.99. The summed E-state index contributed by atoms with van der Waals surface area (Å²) in [5, 5.41) is 3.32. The Morgan fingerprint density at radius 2 is 1.87 bits per heavy atom. The zero-order chi connectivity index (χ0) is 11.4. The minimum Gasteiger partial charge on any atom is -0.385 e. The van der Waals surface area contributed by atoms with Crippen LogP contribution in [-0.4, -0.2) is 53.7 Å². The van der Waals surface area contributed by atoms with E-state index < -0.39 is 0 Å². The second kappa shape index (κ2) is 11.9. The third kappa shape index (κ3) is 11.8. The zero-order valence-electron chi connectivity index (χ0n) is 10.3. The van der Waals surface area contributed by atoms with Gasteiger partial charge in [0.15, 0.2) is 0 Å². The van der Waals surface area contributed by atoms with Crippen molar-refractivity contribution in [2.45, 2.75) is 13.3 Å². The molecule has 0 aliphatic rings. The van der Waals surface area contributed by atoms with Gasteiger partial charge in [0.2, 0.25) is 0 Å². The van der Waals surface area contributed by atoms with E-state index in [-0.39, 0.29) is 0 Å². The van der Waals surface area contributed by atoms with Crippen molar-refractivity contribution < 1.29 is 14.2 Å². The molecule has 0 rings (SSSR count). The van der Waals surface area contributed by atoms with Crippen LogP contribution in [0.1, 0.15) is 13.3 Å². The minimum absolute atomic E-state index is 0.559. The van der Waals surface area contributed by atoms with Gasteiger partial charge in [-0.15, -0.1) is 0 Å². The summed E-state index contributed by atoms with van der Waals surface area (Å²) in [7, 11) is 3.44. The van der Waals surface area contributed by atoms with Crippen molar-refractivity contribution in [1.82, 2.24) is 5.32 Å². The number of rotatable bonds is 11. The molecular weight excluding hydrogens is 194 g/mol. The van der Waals surface area contributed by atoms with Crippen molar-refractivity contribution in [3.8, 4) is 0 Å². The fourth-order valence-electron chi connectivity index (χ4n) is 1.24. The quantitative estimate of drug-likeness (QED) is 0.524. The minimum atomic E-state index is 0.559. The molecule has 15 heavy (non-hydrogen) atoms. The fourth-order valence-corrected chi connectivity index (χ4v) is 1.24. The molecule has 0 aromatic rings. The molecule has 0 spiro atoms. The van der Waals surface area contributed by atoms with E-state index in [9.17, 15) is 0 Å². The molecule has 0 bridgehead atoms. The van der Waals surface area contributed by atoms with Crippen LogP contribution in [0.25, 0.3) is 0 Å². The van der Waals surface area contributed by atoms with Gasteiger partial charge in [-0.2, -0.15) is 0 Å². The molecule has 0 amide bonds. The second-order valence-corrected chi connectivity index (χ2v) is 3.72. The normalized spacial score (nSPS) is 13.0. The lowest BCUT2D eigenvalue weighted by Crippen LogP contribution is -2.27. The number of hydrogen-bond donors (Lipinski definition) is 1. The molecule has 0 fully saturated rings. The Balaban J connectivity index is 2.98. The first-order chi connectivity index (χ1) is 7.31. The van der Waals surface area contributed by atoms with E-state index in [4.69, 9.17) is 14.2 Å². The van der Waals surface area contributed by atoms with Crippen molar-refractivity contribution in [1.29, 1.82) is 0 Å². The maximum Gasteiger partial charge on any atom is 0.0590 e. The van der Waals surface area contributed by atoms with E-state index in [1.807, 2.05) is 0 Å². The molecule has 0 heterocycles. The van der Waals surface area contributed by atoms with Crippen LogP contribution < -0.4 is 5.32 Å². The second-order valence-electron chi connectivity index (χ2n) is 3.72. The van der Waals surface area contributed by atoms with E-state index in [2.05, 4.69) is 12.2 Å². The maximum absolute atomic E-state index is 5.40. The number of hydrogen-bond acceptors (Lipinski definition) is 4. The Morgan fingerprint density at radius 1 is 1.07 bits per heavy atom. The van der Waals surface area contributed by atoms with Crippen molar-refractivity contribution in [2.24, 2.45) is 5.92 Å². The standard InChI is InChI=1S/C11H25NO3/c1-11(10-14-3)9-12-5-8-15-7-4-6-13-2/h11-12H,4-10H2,1-3H3. The predicted molar refractivity (Wildman–Crippen MR) is 61.2 cm³/mol. The first-order valence-corrected chi connectivity index (χ1v) is 5.57. The van der Waals surface area contributed by atoms with Crippen LogP contribution in [0.3, 0.4) is 0 Å². The first kappa shape index (κ1) is 14.8. The summed E-state index contributed by atoms with van der Waals surface area (Å²) < 4.78 is 15.4. The molecule has 0 saturated heterocycles. The first-order valence-electron chi connectivity index (χ1n) is 5.57. The Labute approximate surface area is 93.3 Å². The van der Waals surface area contributed by atoms with Gasteiger partial charge in [-0.3, -0.25) is 0 Å². The topological polar surface area (TPSA) is 39.7 Å². The molecule has 0 radical (unpaired) electrons. The lowest BCUT2D eigenvalue weighted by atomic mass is 10.2. The molecule has 0 aromatic carbocycles. The van der Waals surface area contributed by atoms with Crippen molar-refractivity contribution in [3.05, 3.63) is 0 Å². The lowest BCUT2D eigenvalue weighted by molar-refractivity contribution is 0.102. The molecule has 1 unspecified atom stereocenters. The van der Waals surface area contributed by atoms with Crippen molar-refractivity contribution in [3.63, 3.8) is 0 Å². The molecule has 0 saturated carbocycles. The van der Waals surface area contributed by atoms with E-state index in [0.717, 1.165) is 45.9 Å². The van der Waals surface area contributed by atoms with Crippen molar-refractivity contribution in [2.75, 3.05) is 53.7 Å². The summed E-state index contributed by atoms with van der Waals surface area (Å²) in [4.78, 5) is 0. The van der Waals surface area contributed by atoms with Crippen LogP contribution in [0, 0.1) is 5.92 Å². The van der Waals surface area contributed by atoms with Gasteiger partial charge in [0, 0.05) is 40.6 Å². The summed E-state index contributed by atoms with van der Waals surface area (Å²) >= 11 is 0. The molecule has 92 valence electrons. The summed E-state index contributed by atoms with van der Waals surface area (Å²) in [6.45, 7) is 7.18. The molecule has 1 N–H and O–H groups in total. The molecule has 0 aromatic heterocycles. The Hall–Kier alpha value is -0.160. The number of ether oxygens (including phenoxy) is 3. The maximum atomic E-state index is 5.40. The highest BCUT2D eigenvalue weighted by atomic mass is 16.5. The Morgan fingerprint density at radius 3 is 2.53 bits per heavy atom. The van der Waals surface area contributed by atoms with E-state index in [0.29, 0.717) is 5.92 Å². The fraction of sp³-hybridized carbons (Fsp3) is 1.00. The molecule has 0 aliphatic carbocycles. The van der Waals surface area contributed by atoms with Gasteiger partial charge >= 0.3 is 0 Å².